The molecule has 1 N–H and O–H groups in total. The molecule has 4 nitrogen and oxygen atoms in total. The predicted octanol–water partition coefficient (Wildman–Crippen LogP) is 4.48. The number of benzene rings is 2. The highest BCUT2D eigenvalue weighted by atomic mass is 35.5. The zero-order valence-electron chi connectivity index (χ0n) is 12.8. The van der Waals surface area contributed by atoms with E-state index in [0.29, 0.717) is 15.6 Å². The molecule has 25 heavy (non-hydrogen) atoms. The molecule has 0 aliphatic carbocycles. The van der Waals surface area contributed by atoms with Crippen LogP contribution in [-0.4, -0.2) is 20.1 Å². The number of halogens is 4. The molecule has 0 fully saturated rings. The van der Waals surface area contributed by atoms with Crippen molar-refractivity contribution in [3.8, 4) is 0 Å². The van der Waals surface area contributed by atoms with Crippen molar-refractivity contribution in [3.63, 3.8) is 0 Å². The van der Waals surface area contributed by atoms with E-state index in [1.54, 1.807) is 25.1 Å². The van der Waals surface area contributed by atoms with Gasteiger partial charge in [-0.15, -0.1) is 0 Å². The van der Waals surface area contributed by atoms with Crippen LogP contribution in [0.2, 0.25) is 10.0 Å². The molecule has 2 rings (SSSR count). The van der Waals surface area contributed by atoms with E-state index in [0.717, 1.165) is 12.1 Å². The Labute approximate surface area is 153 Å². The minimum atomic E-state index is -4.69. The van der Waals surface area contributed by atoms with Crippen molar-refractivity contribution in [2.24, 2.45) is 0 Å². The van der Waals surface area contributed by atoms with Crippen molar-refractivity contribution in [1.29, 1.82) is 0 Å². The molecule has 0 spiro atoms. The van der Waals surface area contributed by atoms with E-state index < -0.39 is 32.4 Å². The third-order valence-electron chi connectivity index (χ3n) is 3.46. The number of nitrogens with one attached hydrogen (secondary N) is 1. The van der Waals surface area contributed by atoms with Gasteiger partial charge in [0, 0.05) is 15.6 Å². The fourth-order valence-corrected chi connectivity index (χ4v) is 3.40. The van der Waals surface area contributed by atoms with Gasteiger partial charge in [0.2, 0.25) is 9.84 Å². The Bertz CT molecular complexity index is 887. The molecule has 0 saturated heterocycles. The molecule has 2 aromatic rings. The fraction of sp³-hybridized carbons (Fsp3) is 0.188. The first-order valence-corrected chi connectivity index (χ1v) is 9.31. The average molecular weight is 408 g/mol. The van der Waals surface area contributed by atoms with Crippen LogP contribution in [0.4, 0.5) is 8.78 Å². The molecule has 0 aliphatic heterocycles. The number of carbonyl (C=O) groups is 1. The summed E-state index contributed by atoms with van der Waals surface area (Å²) in [6, 6.07) is 8.68. The lowest BCUT2D eigenvalue weighted by atomic mass is 10.1. The third-order valence-corrected chi connectivity index (χ3v) is 5.42. The van der Waals surface area contributed by atoms with Gasteiger partial charge in [0.05, 0.1) is 10.9 Å². The first-order valence-electron chi connectivity index (χ1n) is 7.01. The second-order valence-corrected chi connectivity index (χ2v) is 7.95. The maximum atomic E-state index is 12.5. The van der Waals surface area contributed by atoms with Crippen molar-refractivity contribution in [2.45, 2.75) is 23.6 Å². The van der Waals surface area contributed by atoms with Crippen LogP contribution in [0.25, 0.3) is 0 Å². The van der Waals surface area contributed by atoms with Gasteiger partial charge in [-0.1, -0.05) is 29.3 Å². The fourth-order valence-electron chi connectivity index (χ4n) is 2.11. The van der Waals surface area contributed by atoms with Crippen molar-refractivity contribution < 1.29 is 22.0 Å². The number of rotatable bonds is 5. The molecule has 9 heteroatoms. The van der Waals surface area contributed by atoms with E-state index in [9.17, 15) is 22.0 Å². The van der Waals surface area contributed by atoms with E-state index in [1.807, 2.05) is 0 Å². The summed E-state index contributed by atoms with van der Waals surface area (Å²) in [7, 11) is -4.69. The molecule has 0 saturated carbocycles. The number of carbonyl (C=O) groups excluding carboxylic acids is 1. The lowest BCUT2D eigenvalue weighted by Crippen LogP contribution is -2.26. The minimum Gasteiger partial charge on any atom is -0.345 e. The monoisotopic (exact) mass is 407 g/mol. The molecular weight excluding hydrogens is 395 g/mol. The maximum absolute atomic E-state index is 12.5. The van der Waals surface area contributed by atoms with Crippen molar-refractivity contribution in [1.82, 2.24) is 5.32 Å². The van der Waals surface area contributed by atoms with Crippen LogP contribution in [0.15, 0.2) is 47.4 Å². The lowest BCUT2D eigenvalue weighted by Gasteiger charge is -2.16. The highest BCUT2D eigenvalue weighted by Crippen LogP contribution is 2.26. The number of sulfone groups is 1. The van der Waals surface area contributed by atoms with E-state index in [2.05, 4.69) is 5.32 Å². The molecule has 0 bridgehead atoms. The zero-order valence-corrected chi connectivity index (χ0v) is 15.2. The summed E-state index contributed by atoms with van der Waals surface area (Å²) >= 11 is 11.9. The van der Waals surface area contributed by atoms with Gasteiger partial charge in [0.1, 0.15) is 0 Å². The first-order chi connectivity index (χ1) is 11.6. The minimum absolute atomic E-state index is 0.130. The van der Waals surface area contributed by atoms with Crippen LogP contribution in [0.5, 0.6) is 0 Å². The number of amides is 1. The van der Waals surface area contributed by atoms with Gasteiger partial charge in [-0.3, -0.25) is 4.79 Å². The van der Waals surface area contributed by atoms with Gasteiger partial charge in [-0.25, -0.2) is 8.42 Å². The Hall–Kier alpha value is -1.70. The van der Waals surface area contributed by atoms with Crippen molar-refractivity contribution >= 4 is 38.9 Å². The van der Waals surface area contributed by atoms with Gasteiger partial charge in [0.15, 0.2) is 0 Å². The summed E-state index contributed by atoms with van der Waals surface area (Å²) in [6.07, 6.45) is 0. The number of hydrogen-bond acceptors (Lipinski definition) is 3. The van der Waals surface area contributed by atoms with Crippen LogP contribution in [0.3, 0.4) is 0 Å². The smallest absolute Gasteiger partial charge is 0.341 e. The summed E-state index contributed by atoms with van der Waals surface area (Å²) < 4.78 is 47.7. The summed E-state index contributed by atoms with van der Waals surface area (Å²) in [5.74, 6) is -4.02. The summed E-state index contributed by atoms with van der Waals surface area (Å²) in [5, 5.41) is 3.54. The molecule has 0 radical (unpaired) electrons. The van der Waals surface area contributed by atoms with Gasteiger partial charge < -0.3 is 5.32 Å². The van der Waals surface area contributed by atoms with Crippen molar-refractivity contribution in [3.05, 3.63) is 63.6 Å². The van der Waals surface area contributed by atoms with Gasteiger partial charge in [-0.05, 0) is 48.9 Å². The Balaban J connectivity index is 2.16. The van der Waals surface area contributed by atoms with E-state index in [4.69, 9.17) is 23.2 Å². The summed E-state index contributed by atoms with van der Waals surface area (Å²) in [5.41, 5.74) is 0.779. The van der Waals surface area contributed by atoms with E-state index in [1.165, 1.54) is 12.1 Å². The van der Waals surface area contributed by atoms with E-state index in [-0.39, 0.29) is 5.56 Å². The average Bonchev–Trinajstić information content (AvgIpc) is 2.54. The summed E-state index contributed by atoms with van der Waals surface area (Å²) in [4.78, 5) is 11.7. The van der Waals surface area contributed by atoms with Crippen LogP contribution in [-0.2, 0) is 9.84 Å². The zero-order chi connectivity index (χ0) is 18.8. The molecule has 1 atom stereocenters. The van der Waals surface area contributed by atoms with E-state index >= 15 is 0 Å². The second kappa shape index (κ2) is 7.68. The Kier molecular flexibility index (Phi) is 6.03. The molecular formula is C16H13Cl2F2NO3S. The Morgan fingerprint density at radius 2 is 1.68 bits per heavy atom. The number of hydrogen-bond donors (Lipinski definition) is 1. The first kappa shape index (κ1) is 19.6. The number of alkyl halides is 2. The lowest BCUT2D eigenvalue weighted by molar-refractivity contribution is 0.0940. The molecule has 0 unspecified atom stereocenters. The topological polar surface area (TPSA) is 63.2 Å². The third kappa shape index (κ3) is 4.48. The van der Waals surface area contributed by atoms with Gasteiger partial charge in [0.25, 0.3) is 5.91 Å². The van der Waals surface area contributed by atoms with Crippen molar-refractivity contribution in [2.75, 3.05) is 0 Å². The normalized spacial score (nSPS) is 12.9. The Morgan fingerprint density at radius 1 is 1.08 bits per heavy atom. The second-order valence-electron chi connectivity index (χ2n) is 5.19. The quantitative estimate of drug-likeness (QED) is 0.794. The molecule has 0 aliphatic rings. The van der Waals surface area contributed by atoms with Crippen LogP contribution >= 0.6 is 23.2 Å². The molecule has 0 aromatic heterocycles. The van der Waals surface area contributed by atoms with Gasteiger partial charge in [-0.2, -0.15) is 8.78 Å². The molecule has 134 valence electrons. The maximum Gasteiger partial charge on any atom is 0.341 e. The standard InChI is InChI=1S/C16H13Cl2F2NO3S/c1-9(13-7-4-11(17)8-14(13)18)21-15(22)10-2-5-12(6-3-10)25(23,24)16(19)20/h2-9,16H,1H3,(H,21,22)/t9-/m0/s1. The van der Waals surface area contributed by atoms with Crippen LogP contribution < -0.4 is 5.32 Å². The highest BCUT2D eigenvalue weighted by Gasteiger charge is 2.26. The Morgan fingerprint density at radius 3 is 2.20 bits per heavy atom. The van der Waals surface area contributed by atoms with Crippen LogP contribution in [0, 0.1) is 0 Å². The predicted molar refractivity (Wildman–Crippen MR) is 92.0 cm³/mol. The molecule has 2 aromatic carbocycles. The molecule has 1 amide bonds. The van der Waals surface area contributed by atoms with Crippen LogP contribution in [0.1, 0.15) is 28.9 Å². The SMILES string of the molecule is C[C@H](NC(=O)c1ccc(S(=O)(=O)C(F)F)cc1)c1ccc(Cl)cc1Cl. The highest BCUT2D eigenvalue weighted by molar-refractivity contribution is 7.91. The largest absolute Gasteiger partial charge is 0.345 e. The van der Waals surface area contributed by atoms with Gasteiger partial charge >= 0.3 is 5.76 Å². The summed E-state index contributed by atoms with van der Waals surface area (Å²) in [6.45, 7) is 1.71. The molecule has 0 heterocycles.